The number of aryl methyl sites for hydroxylation is 1. The average molecular weight is 336 g/mol. The zero-order valence-corrected chi connectivity index (χ0v) is 14.2. The largest absolute Gasteiger partial charge is 0.430 e. The van der Waals surface area contributed by atoms with Crippen LogP contribution in [0.1, 0.15) is 18.1 Å². The van der Waals surface area contributed by atoms with Crippen molar-refractivity contribution in [2.75, 3.05) is 0 Å². The highest BCUT2D eigenvalue weighted by Gasteiger charge is 2.41. The van der Waals surface area contributed by atoms with Gasteiger partial charge in [-0.3, -0.25) is 9.36 Å². The molecule has 0 bridgehead atoms. The second-order valence-corrected chi connectivity index (χ2v) is 6.62. The summed E-state index contributed by atoms with van der Waals surface area (Å²) in [5, 5.41) is 2.75. The standard InChI is InChI=1S/C19H16N2O2S/c1-13-7-3-4-8-15(13)19(23-14(2)22)11-12-24-18-20-16-9-5-6-10-17(16)21(18)19/h3-12H,1-2H3. The number of carbonyl (C=O) groups excluding carboxylic acids is 1. The van der Waals surface area contributed by atoms with Crippen LogP contribution in [0.25, 0.3) is 11.0 Å². The van der Waals surface area contributed by atoms with Gasteiger partial charge in [-0.25, -0.2) is 4.98 Å². The summed E-state index contributed by atoms with van der Waals surface area (Å²) in [5.74, 6) is -0.335. The fourth-order valence-electron chi connectivity index (χ4n) is 3.20. The van der Waals surface area contributed by atoms with E-state index in [1.807, 2.05) is 71.5 Å². The number of nitrogens with zero attached hydrogens (tertiary/aromatic N) is 2. The third-order valence-corrected chi connectivity index (χ3v) is 4.92. The van der Waals surface area contributed by atoms with Gasteiger partial charge >= 0.3 is 5.97 Å². The van der Waals surface area contributed by atoms with Gasteiger partial charge in [0.25, 0.3) is 0 Å². The molecular weight excluding hydrogens is 320 g/mol. The molecule has 0 spiro atoms. The number of imidazole rings is 1. The maximum Gasteiger partial charge on any atom is 0.305 e. The van der Waals surface area contributed by atoms with Crippen molar-refractivity contribution in [2.24, 2.45) is 0 Å². The van der Waals surface area contributed by atoms with Gasteiger partial charge in [0.15, 0.2) is 5.16 Å². The molecule has 24 heavy (non-hydrogen) atoms. The third kappa shape index (κ3) is 2.16. The summed E-state index contributed by atoms with van der Waals surface area (Å²) < 4.78 is 7.93. The number of thioether (sulfide) groups is 1. The van der Waals surface area contributed by atoms with Gasteiger partial charge in [0, 0.05) is 12.5 Å². The molecule has 1 aromatic heterocycles. The van der Waals surface area contributed by atoms with Gasteiger partial charge in [-0.1, -0.05) is 48.2 Å². The van der Waals surface area contributed by atoms with Crippen molar-refractivity contribution in [1.82, 2.24) is 9.55 Å². The van der Waals surface area contributed by atoms with Gasteiger partial charge in [-0.15, -0.1) is 0 Å². The first-order valence-corrected chi connectivity index (χ1v) is 8.58. The monoisotopic (exact) mass is 336 g/mol. The summed E-state index contributed by atoms with van der Waals surface area (Å²) in [4.78, 5) is 16.7. The highest BCUT2D eigenvalue weighted by Crippen LogP contribution is 2.42. The number of benzene rings is 2. The maximum atomic E-state index is 12.0. The van der Waals surface area contributed by atoms with Crippen LogP contribution in [0.15, 0.2) is 65.2 Å². The average Bonchev–Trinajstić information content (AvgIpc) is 2.94. The van der Waals surface area contributed by atoms with Crippen LogP contribution < -0.4 is 0 Å². The fraction of sp³-hybridized carbons (Fsp3) is 0.158. The van der Waals surface area contributed by atoms with Gasteiger partial charge in [0.2, 0.25) is 5.72 Å². The van der Waals surface area contributed by atoms with Crippen LogP contribution in [0.4, 0.5) is 0 Å². The number of fused-ring (bicyclic) bond motifs is 3. The van der Waals surface area contributed by atoms with Crippen LogP contribution in [-0.4, -0.2) is 15.5 Å². The Bertz CT molecular complexity index is 976. The van der Waals surface area contributed by atoms with E-state index in [1.54, 1.807) is 0 Å². The molecule has 4 nitrogen and oxygen atoms in total. The van der Waals surface area contributed by atoms with E-state index in [-0.39, 0.29) is 5.97 Å². The zero-order chi connectivity index (χ0) is 16.7. The molecule has 120 valence electrons. The fourth-order valence-corrected chi connectivity index (χ4v) is 4.07. The zero-order valence-electron chi connectivity index (χ0n) is 13.4. The highest BCUT2D eigenvalue weighted by atomic mass is 32.2. The van der Waals surface area contributed by atoms with Gasteiger partial charge in [0.05, 0.1) is 11.0 Å². The first kappa shape index (κ1) is 15.0. The SMILES string of the molecule is CC(=O)OC1(c2ccccc2C)C=CSc2nc3ccccc3n21. The molecule has 0 saturated carbocycles. The molecule has 0 radical (unpaired) electrons. The molecule has 1 aliphatic rings. The van der Waals surface area contributed by atoms with Crippen molar-refractivity contribution in [3.8, 4) is 0 Å². The van der Waals surface area contributed by atoms with E-state index in [2.05, 4.69) is 0 Å². The quantitative estimate of drug-likeness (QED) is 0.657. The maximum absolute atomic E-state index is 12.0. The van der Waals surface area contributed by atoms with Gasteiger partial charge < -0.3 is 4.74 Å². The second-order valence-electron chi connectivity index (χ2n) is 5.74. The van der Waals surface area contributed by atoms with E-state index in [0.29, 0.717) is 0 Å². The summed E-state index contributed by atoms with van der Waals surface area (Å²) in [7, 11) is 0. The van der Waals surface area contributed by atoms with E-state index in [0.717, 1.165) is 27.3 Å². The first-order chi connectivity index (χ1) is 11.6. The summed E-state index contributed by atoms with van der Waals surface area (Å²) in [6.07, 6.45) is 1.93. The van der Waals surface area contributed by atoms with Crippen LogP contribution >= 0.6 is 11.8 Å². The number of hydrogen-bond donors (Lipinski definition) is 0. The lowest BCUT2D eigenvalue weighted by molar-refractivity contribution is -0.156. The summed E-state index contributed by atoms with van der Waals surface area (Å²) in [5.41, 5.74) is 2.79. The van der Waals surface area contributed by atoms with Gasteiger partial charge in [-0.2, -0.15) is 0 Å². The Kier molecular flexibility index (Phi) is 3.46. The minimum Gasteiger partial charge on any atom is -0.430 e. The minimum atomic E-state index is -1.02. The third-order valence-electron chi connectivity index (χ3n) is 4.16. The Labute approximate surface area is 144 Å². The molecule has 0 saturated heterocycles. The Hall–Kier alpha value is -2.53. The van der Waals surface area contributed by atoms with Gasteiger partial charge in [0.1, 0.15) is 0 Å². The number of hydrogen-bond acceptors (Lipinski definition) is 4. The topological polar surface area (TPSA) is 44.1 Å². The molecule has 3 aromatic rings. The Morgan fingerprint density at radius 3 is 2.71 bits per heavy atom. The molecule has 4 rings (SSSR count). The molecule has 5 heteroatoms. The predicted molar refractivity (Wildman–Crippen MR) is 94.8 cm³/mol. The number of ether oxygens (including phenoxy) is 1. The number of carbonyl (C=O) groups is 1. The van der Waals surface area contributed by atoms with E-state index in [9.17, 15) is 4.79 Å². The van der Waals surface area contributed by atoms with E-state index in [4.69, 9.17) is 9.72 Å². The molecular formula is C19H16N2O2S. The lowest BCUT2D eigenvalue weighted by Gasteiger charge is -2.36. The Balaban J connectivity index is 2.09. The second kappa shape index (κ2) is 5.53. The lowest BCUT2D eigenvalue weighted by Crippen LogP contribution is -2.39. The lowest BCUT2D eigenvalue weighted by atomic mass is 9.96. The van der Waals surface area contributed by atoms with Crippen LogP contribution in [0.2, 0.25) is 0 Å². The molecule has 2 aromatic carbocycles. The molecule has 0 aliphatic carbocycles. The summed E-state index contributed by atoms with van der Waals surface area (Å²) >= 11 is 1.52. The predicted octanol–water partition coefficient (Wildman–Crippen LogP) is 4.23. The number of esters is 1. The highest BCUT2D eigenvalue weighted by molar-refractivity contribution is 8.02. The van der Waals surface area contributed by atoms with Gasteiger partial charge in [-0.05, 0) is 36.1 Å². The molecule has 1 aliphatic heterocycles. The van der Waals surface area contributed by atoms with Crippen LogP contribution in [-0.2, 0) is 15.3 Å². The normalized spacial score (nSPS) is 19.2. The van der Waals surface area contributed by atoms with E-state index < -0.39 is 5.72 Å². The van der Waals surface area contributed by atoms with Crippen molar-refractivity contribution in [2.45, 2.75) is 24.7 Å². The van der Waals surface area contributed by atoms with Crippen molar-refractivity contribution >= 4 is 28.8 Å². The van der Waals surface area contributed by atoms with Crippen molar-refractivity contribution in [1.29, 1.82) is 0 Å². The number of para-hydroxylation sites is 2. The molecule has 2 heterocycles. The summed E-state index contributed by atoms with van der Waals surface area (Å²) in [6, 6.07) is 15.9. The van der Waals surface area contributed by atoms with E-state index >= 15 is 0 Å². The van der Waals surface area contributed by atoms with Crippen molar-refractivity contribution in [3.05, 3.63) is 71.1 Å². The molecule has 1 unspecified atom stereocenters. The number of aromatic nitrogens is 2. The first-order valence-electron chi connectivity index (χ1n) is 7.70. The Morgan fingerprint density at radius 2 is 1.92 bits per heavy atom. The van der Waals surface area contributed by atoms with Crippen LogP contribution in [0.3, 0.4) is 0 Å². The molecule has 0 N–H and O–H groups in total. The molecule has 0 fully saturated rings. The summed E-state index contributed by atoms with van der Waals surface area (Å²) in [6.45, 7) is 3.46. The van der Waals surface area contributed by atoms with Crippen molar-refractivity contribution < 1.29 is 9.53 Å². The van der Waals surface area contributed by atoms with Crippen LogP contribution in [0, 0.1) is 6.92 Å². The van der Waals surface area contributed by atoms with E-state index in [1.165, 1.54) is 18.7 Å². The molecule has 0 amide bonds. The smallest absolute Gasteiger partial charge is 0.305 e. The number of rotatable bonds is 2. The Morgan fingerprint density at radius 1 is 1.17 bits per heavy atom. The van der Waals surface area contributed by atoms with Crippen LogP contribution in [0.5, 0.6) is 0 Å². The van der Waals surface area contributed by atoms with Crippen molar-refractivity contribution in [3.63, 3.8) is 0 Å². The molecule has 1 atom stereocenters. The minimum absolute atomic E-state index is 0.335.